The molecule has 5 nitrogen and oxygen atoms in total. The maximum Gasteiger partial charge on any atom is 0.313 e. The number of carbonyl (C=O) groups is 1. The molecule has 0 amide bonds. The predicted octanol–water partition coefficient (Wildman–Crippen LogP) is 5.53. The van der Waals surface area contributed by atoms with Crippen LogP contribution in [0.1, 0.15) is 18.9 Å². The highest BCUT2D eigenvalue weighted by Crippen LogP contribution is 2.37. The first-order chi connectivity index (χ1) is 15.0. The Labute approximate surface area is 184 Å². The smallest absolute Gasteiger partial charge is 0.313 e. The SMILES string of the molecule is C[C@]1(c2ccccc2)CC(n2c3ccccc3c3ccccc32)=NC(SCC(=O)O)=N1. The Morgan fingerprint density at radius 2 is 1.55 bits per heavy atom. The van der Waals surface area contributed by atoms with Gasteiger partial charge in [0.2, 0.25) is 0 Å². The van der Waals surface area contributed by atoms with E-state index in [0.29, 0.717) is 11.6 Å². The minimum atomic E-state index is -0.881. The van der Waals surface area contributed by atoms with Crippen LogP contribution in [0.4, 0.5) is 0 Å². The van der Waals surface area contributed by atoms with Gasteiger partial charge in [-0.2, -0.15) is 0 Å². The number of para-hydroxylation sites is 2. The Morgan fingerprint density at radius 3 is 2.16 bits per heavy atom. The van der Waals surface area contributed by atoms with Crippen molar-refractivity contribution in [2.75, 3.05) is 5.75 Å². The summed E-state index contributed by atoms with van der Waals surface area (Å²) in [6, 6.07) is 26.8. The topological polar surface area (TPSA) is 67.0 Å². The fourth-order valence-electron chi connectivity index (χ4n) is 4.22. The van der Waals surface area contributed by atoms with Crippen molar-refractivity contribution in [2.45, 2.75) is 18.9 Å². The average molecular weight is 428 g/mol. The standard InChI is InChI=1S/C25H21N3O2S/c1-25(17-9-3-2-4-10-17)15-22(26-24(27-25)31-16-23(29)30)28-20-13-7-5-11-18(20)19-12-6-8-14-21(19)28/h2-14H,15-16H2,1H3,(H,29,30)/t25-/m1/s1. The van der Waals surface area contributed by atoms with E-state index < -0.39 is 11.5 Å². The van der Waals surface area contributed by atoms with E-state index >= 15 is 0 Å². The van der Waals surface area contributed by atoms with Gasteiger partial charge in [0.1, 0.15) is 5.84 Å². The molecule has 3 aromatic carbocycles. The molecule has 0 aliphatic carbocycles. The van der Waals surface area contributed by atoms with Gasteiger partial charge in [-0.3, -0.25) is 9.36 Å². The molecule has 1 N–H and O–H groups in total. The molecule has 4 aromatic rings. The zero-order chi connectivity index (χ0) is 21.4. The number of carboxylic acid groups (broad SMARTS) is 1. The first-order valence-corrected chi connectivity index (χ1v) is 11.1. The van der Waals surface area contributed by atoms with Crippen molar-refractivity contribution in [3.8, 4) is 0 Å². The fourth-order valence-corrected chi connectivity index (χ4v) is 4.91. The van der Waals surface area contributed by atoms with Gasteiger partial charge in [0.05, 0.1) is 22.3 Å². The first kappa shape index (κ1) is 19.6. The Bertz CT molecular complexity index is 1300. The lowest BCUT2D eigenvalue weighted by molar-refractivity contribution is -0.133. The minimum absolute atomic E-state index is 0.0757. The zero-order valence-corrected chi connectivity index (χ0v) is 17.8. The molecule has 1 aromatic heterocycles. The second-order valence-electron chi connectivity index (χ2n) is 7.79. The van der Waals surface area contributed by atoms with Crippen molar-refractivity contribution in [3.05, 3.63) is 84.4 Å². The van der Waals surface area contributed by atoms with E-state index in [1.165, 1.54) is 10.8 Å². The summed E-state index contributed by atoms with van der Waals surface area (Å²) in [4.78, 5) is 20.9. The van der Waals surface area contributed by atoms with Gasteiger partial charge in [0.25, 0.3) is 0 Å². The summed E-state index contributed by atoms with van der Waals surface area (Å²) >= 11 is 1.16. The molecule has 31 heavy (non-hydrogen) atoms. The molecule has 2 heterocycles. The number of thioether (sulfide) groups is 1. The van der Waals surface area contributed by atoms with Crippen molar-refractivity contribution in [1.29, 1.82) is 0 Å². The van der Waals surface area contributed by atoms with E-state index in [0.717, 1.165) is 34.2 Å². The molecule has 1 aliphatic heterocycles. The molecule has 0 unspecified atom stereocenters. The Balaban J connectivity index is 1.71. The number of aliphatic imine (C=N–C) groups is 2. The maximum atomic E-state index is 11.2. The normalized spacial score (nSPS) is 18.7. The largest absolute Gasteiger partial charge is 0.481 e. The molecule has 154 valence electrons. The van der Waals surface area contributed by atoms with Crippen molar-refractivity contribution in [3.63, 3.8) is 0 Å². The fraction of sp³-hybridized carbons (Fsp3) is 0.160. The van der Waals surface area contributed by atoms with Gasteiger partial charge in [-0.05, 0) is 24.6 Å². The summed E-state index contributed by atoms with van der Waals surface area (Å²) in [6.07, 6.45) is 0.608. The lowest BCUT2D eigenvalue weighted by Gasteiger charge is -2.31. The van der Waals surface area contributed by atoms with E-state index in [1.807, 2.05) is 42.5 Å². The highest BCUT2D eigenvalue weighted by molar-refractivity contribution is 8.14. The summed E-state index contributed by atoms with van der Waals surface area (Å²) in [5.41, 5.74) is 2.72. The monoisotopic (exact) mass is 427 g/mol. The van der Waals surface area contributed by atoms with Crippen LogP contribution >= 0.6 is 11.8 Å². The molecule has 5 rings (SSSR count). The molecular formula is C25H21N3O2S. The van der Waals surface area contributed by atoms with Crippen LogP contribution < -0.4 is 0 Å². The van der Waals surface area contributed by atoms with E-state index in [4.69, 9.17) is 9.98 Å². The summed E-state index contributed by atoms with van der Waals surface area (Å²) in [5, 5.41) is 12.0. The van der Waals surface area contributed by atoms with Crippen LogP contribution in [0.5, 0.6) is 0 Å². The number of aromatic nitrogens is 1. The van der Waals surface area contributed by atoms with Crippen molar-refractivity contribution in [2.24, 2.45) is 9.98 Å². The number of amidine groups is 1. The predicted molar refractivity (Wildman–Crippen MR) is 128 cm³/mol. The quantitative estimate of drug-likeness (QED) is 0.467. The Hall–Kier alpha value is -3.38. The molecule has 0 saturated heterocycles. The number of nitrogens with zero attached hydrogens (tertiary/aromatic N) is 3. The third-order valence-corrected chi connectivity index (χ3v) is 6.46. The molecule has 0 radical (unpaired) electrons. The molecule has 0 spiro atoms. The highest BCUT2D eigenvalue weighted by Gasteiger charge is 2.34. The van der Waals surface area contributed by atoms with Gasteiger partial charge >= 0.3 is 5.97 Å². The number of hydrogen-bond donors (Lipinski definition) is 1. The van der Waals surface area contributed by atoms with Crippen molar-refractivity contribution in [1.82, 2.24) is 4.57 Å². The van der Waals surface area contributed by atoms with Crippen LogP contribution in [-0.4, -0.2) is 32.4 Å². The number of benzene rings is 3. The van der Waals surface area contributed by atoms with Crippen LogP contribution in [-0.2, 0) is 10.3 Å². The minimum Gasteiger partial charge on any atom is -0.481 e. The number of hydrogen-bond acceptors (Lipinski definition) is 4. The number of carboxylic acids is 1. The van der Waals surface area contributed by atoms with Gasteiger partial charge in [0, 0.05) is 17.2 Å². The first-order valence-electron chi connectivity index (χ1n) is 10.1. The van der Waals surface area contributed by atoms with Gasteiger partial charge in [-0.25, -0.2) is 9.98 Å². The van der Waals surface area contributed by atoms with E-state index in [1.54, 1.807) is 0 Å². The van der Waals surface area contributed by atoms with Gasteiger partial charge in [0.15, 0.2) is 5.17 Å². The second kappa shape index (κ2) is 7.71. The van der Waals surface area contributed by atoms with Crippen LogP contribution in [0.3, 0.4) is 0 Å². The van der Waals surface area contributed by atoms with Crippen molar-refractivity contribution < 1.29 is 9.90 Å². The molecule has 1 atom stereocenters. The number of aliphatic carboxylic acids is 1. The average Bonchev–Trinajstić information content (AvgIpc) is 3.13. The van der Waals surface area contributed by atoms with E-state index in [2.05, 4.69) is 47.9 Å². The Kier molecular flexibility index (Phi) is 4.87. The molecule has 6 heteroatoms. The van der Waals surface area contributed by atoms with Gasteiger partial charge in [-0.1, -0.05) is 78.5 Å². The number of fused-ring (bicyclic) bond motifs is 3. The lowest BCUT2D eigenvalue weighted by atomic mass is 9.88. The lowest BCUT2D eigenvalue weighted by Crippen LogP contribution is -2.32. The van der Waals surface area contributed by atoms with Gasteiger partial charge < -0.3 is 5.11 Å². The third-order valence-electron chi connectivity index (χ3n) is 5.63. The number of rotatable bonds is 3. The van der Waals surface area contributed by atoms with Crippen molar-refractivity contribution >= 4 is 50.5 Å². The summed E-state index contributed by atoms with van der Waals surface area (Å²) in [7, 11) is 0. The molecule has 0 bridgehead atoms. The van der Waals surface area contributed by atoms with E-state index in [9.17, 15) is 9.90 Å². The summed E-state index contributed by atoms with van der Waals surface area (Å²) in [6.45, 7) is 2.09. The van der Waals surface area contributed by atoms with Crippen LogP contribution in [0, 0.1) is 0 Å². The summed E-state index contributed by atoms with van der Waals surface area (Å²) in [5.74, 6) is -0.0897. The van der Waals surface area contributed by atoms with Crippen LogP contribution in [0.2, 0.25) is 0 Å². The zero-order valence-electron chi connectivity index (χ0n) is 17.0. The molecule has 0 saturated carbocycles. The molecule has 0 fully saturated rings. The highest BCUT2D eigenvalue weighted by atomic mass is 32.2. The second-order valence-corrected chi connectivity index (χ2v) is 8.73. The third kappa shape index (κ3) is 3.53. The summed E-state index contributed by atoms with van der Waals surface area (Å²) < 4.78 is 2.20. The molecular weight excluding hydrogens is 406 g/mol. The van der Waals surface area contributed by atoms with Gasteiger partial charge in [-0.15, -0.1) is 0 Å². The molecule has 1 aliphatic rings. The van der Waals surface area contributed by atoms with Crippen LogP contribution in [0.25, 0.3) is 21.8 Å². The Morgan fingerprint density at radius 1 is 0.968 bits per heavy atom. The van der Waals surface area contributed by atoms with E-state index in [-0.39, 0.29) is 5.75 Å². The maximum absolute atomic E-state index is 11.2. The van der Waals surface area contributed by atoms with Crippen LogP contribution in [0.15, 0.2) is 88.8 Å².